The minimum absolute atomic E-state index is 0.564. The molecule has 0 aliphatic rings. The number of para-hydroxylation sites is 3. The molecule has 54 heavy (non-hydrogen) atoms. The molecule has 0 aliphatic heterocycles. The Kier molecular flexibility index (Phi) is 6.79. The molecule has 0 radical (unpaired) electrons. The number of oxazole rings is 1. The monoisotopic (exact) mass is 694 g/mol. The third kappa shape index (κ3) is 4.98. The first-order valence-electron chi connectivity index (χ1n) is 18.0. The number of aromatic nitrogens is 1. The van der Waals surface area contributed by atoms with Gasteiger partial charge in [-0.25, -0.2) is 4.98 Å². The second kappa shape index (κ2) is 12.1. The van der Waals surface area contributed by atoms with E-state index in [0.717, 1.165) is 88.7 Å². The number of fused-ring (bicyclic) bond motifs is 7. The van der Waals surface area contributed by atoms with Gasteiger partial charge in [0.05, 0.1) is 0 Å². The van der Waals surface area contributed by atoms with Crippen molar-refractivity contribution < 1.29 is 13.3 Å². The van der Waals surface area contributed by atoms with E-state index in [2.05, 4.69) is 138 Å². The lowest BCUT2D eigenvalue weighted by molar-refractivity contribution is 0.620. The number of rotatable bonds is 6. The molecule has 254 valence electrons. The van der Waals surface area contributed by atoms with Crippen LogP contribution in [0.5, 0.6) is 0 Å². The average Bonchev–Trinajstić information content (AvgIpc) is 3.95. The van der Waals surface area contributed by atoms with Crippen LogP contribution in [0.1, 0.15) is 0 Å². The number of hydrogen-bond acceptors (Lipinski definition) is 5. The van der Waals surface area contributed by atoms with Crippen molar-refractivity contribution in [2.75, 3.05) is 4.90 Å². The van der Waals surface area contributed by atoms with E-state index in [9.17, 15) is 0 Å². The second-order valence-corrected chi connectivity index (χ2v) is 13.6. The molecule has 0 unspecified atom stereocenters. The molecule has 11 rings (SSSR count). The van der Waals surface area contributed by atoms with Crippen LogP contribution in [0.4, 0.5) is 17.1 Å². The van der Waals surface area contributed by atoms with Gasteiger partial charge in [-0.15, -0.1) is 0 Å². The number of furan rings is 2. The molecule has 5 nitrogen and oxygen atoms in total. The van der Waals surface area contributed by atoms with E-state index in [0.29, 0.717) is 5.89 Å². The topological polar surface area (TPSA) is 55.6 Å². The molecule has 3 aromatic heterocycles. The molecule has 5 heteroatoms. The summed E-state index contributed by atoms with van der Waals surface area (Å²) < 4.78 is 19.0. The highest BCUT2D eigenvalue weighted by Gasteiger charge is 2.21. The molecular formula is C49H30N2O3. The molecule has 0 spiro atoms. The molecular weight excluding hydrogens is 665 g/mol. The maximum Gasteiger partial charge on any atom is 0.228 e. The summed E-state index contributed by atoms with van der Waals surface area (Å²) in [7, 11) is 0. The minimum atomic E-state index is 0.564. The van der Waals surface area contributed by atoms with Crippen LogP contribution >= 0.6 is 0 Å². The number of benzene rings is 8. The van der Waals surface area contributed by atoms with Gasteiger partial charge in [-0.2, -0.15) is 0 Å². The summed E-state index contributed by atoms with van der Waals surface area (Å²) in [6.07, 6.45) is 0. The van der Waals surface area contributed by atoms with E-state index in [4.69, 9.17) is 18.2 Å². The van der Waals surface area contributed by atoms with E-state index in [1.807, 2.05) is 48.5 Å². The number of hydrogen-bond donors (Lipinski definition) is 0. The maximum absolute atomic E-state index is 6.45. The van der Waals surface area contributed by atoms with Gasteiger partial charge in [0.2, 0.25) is 5.89 Å². The van der Waals surface area contributed by atoms with Gasteiger partial charge in [0.15, 0.2) is 5.58 Å². The molecule has 0 amide bonds. The predicted octanol–water partition coefficient (Wildman–Crippen LogP) is 14.1. The van der Waals surface area contributed by atoms with Crippen molar-refractivity contribution in [1.29, 1.82) is 0 Å². The Bertz CT molecular complexity index is 3150. The summed E-state index contributed by atoms with van der Waals surface area (Å²) in [4.78, 5) is 7.17. The Balaban J connectivity index is 1.11. The standard InChI is InChI=1S/C49H30N2O3/c1-2-11-31(12-3-1)32-13-8-14-33(27-32)34-15-9-16-35(28-34)51(36-23-25-44-40(29-36)38-17-4-6-20-43(38)52-44)37-24-26-45-41(30-37)48-39(18-10-22-47(48)53-45)49-50-42-19-5-7-21-46(42)54-49/h1-30H. The quantitative estimate of drug-likeness (QED) is 0.173. The fourth-order valence-corrected chi connectivity index (χ4v) is 7.75. The lowest BCUT2D eigenvalue weighted by atomic mass is 9.98. The summed E-state index contributed by atoms with van der Waals surface area (Å²) in [5.74, 6) is 0.564. The zero-order valence-corrected chi connectivity index (χ0v) is 28.9. The molecule has 0 bridgehead atoms. The Morgan fingerprint density at radius 1 is 0.352 bits per heavy atom. The van der Waals surface area contributed by atoms with Crippen LogP contribution in [0.25, 0.3) is 88.7 Å². The highest BCUT2D eigenvalue weighted by molar-refractivity contribution is 6.13. The van der Waals surface area contributed by atoms with Gasteiger partial charge >= 0.3 is 0 Å². The van der Waals surface area contributed by atoms with Crippen LogP contribution in [0.2, 0.25) is 0 Å². The largest absolute Gasteiger partial charge is 0.456 e. The summed E-state index contributed by atoms with van der Waals surface area (Å²) in [5.41, 5.74) is 13.4. The molecule has 11 aromatic rings. The van der Waals surface area contributed by atoms with Crippen molar-refractivity contribution >= 4 is 72.0 Å². The first-order chi connectivity index (χ1) is 26.7. The zero-order valence-electron chi connectivity index (χ0n) is 28.9. The highest BCUT2D eigenvalue weighted by atomic mass is 16.4. The van der Waals surface area contributed by atoms with Gasteiger partial charge in [0.25, 0.3) is 0 Å². The minimum Gasteiger partial charge on any atom is -0.456 e. The third-order valence-electron chi connectivity index (χ3n) is 10.3. The molecule has 8 aromatic carbocycles. The maximum atomic E-state index is 6.45. The Labute approximate surface area is 309 Å². The molecule has 0 atom stereocenters. The number of anilines is 3. The molecule has 3 heterocycles. The lowest BCUT2D eigenvalue weighted by Crippen LogP contribution is -2.10. The first-order valence-corrected chi connectivity index (χ1v) is 18.0. The lowest BCUT2D eigenvalue weighted by Gasteiger charge is -2.26. The van der Waals surface area contributed by atoms with Gasteiger partial charge in [0.1, 0.15) is 27.8 Å². The van der Waals surface area contributed by atoms with Crippen molar-refractivity contribution in [1.82, 2.24) is 4.98 Å². The smallest absolute Gasteiger partial charge is 0.228 e. The summed E-state index contributed by atoms with van der Waals surface area (Å²) in [5, 5.41) is 4.09. The zero-order chi connectivity index (χ0) is 35.6. The van der Waals surface area contributed by atoms with Gasteiger partial charge in [0, 0.05) is 44.2 Å². The van der Waals surface area contributed by atoms with E-state index in [1.54, 1.807) is 0 Å². The molecule has 0 fully saturated rings. The number of nitrogens with zero attached hydrogens (tertiary/aromatic N) is 2. The molecule has 0 saturated carbocycles. The van der Waals surface area contributed by atoms with Crippen molar-refractivity contribution in [2.45, 2.75) is 0 Å². The fourth-order valence-electron chi connectivity index (χ4n) is 7.75. The molecule has 0 N–H and O–H groups in total. The predicted molar refractivity (Wildman–Crippen MR) is 220 cm³/mol. The Morgan fingerprint density at radius 3 is 1.76 bits per heavy atom. The SMILES string of the molecule is c1ccc(-c2cccc(-c3cccc(N(c4ccc5oc6ccccc6c5c4)c4ccc5oc6cccc(-c7nc8ccccc8o7)c6c5c4)c3)c2)cc1. The van der Waals surface area contributed by atoms with Gasteiger partial charge in [-0.3, -0.25) is 0 Å². The first kappa shape index (κ1) is 30.3. The van der Waals surface area contributed by atoms with Crippen LogP contribution in [0.15, 0.2) is 195 Å². The Morgan fingerprint density at radius 2 is 0.926 bits per heavy atom. The average molecular weight is 695 g/mol. The van der Waals surface area contributed by atoms with Crippen LogP contribution in [-0.2, 0) is 0 Å². The van der Waals surface area contributed by atoms with Crippen molar-refractivity contribution in [3.05, 3.63) is 182 Å². The van der Waals surface area contributed by atoms with E-state index in [-0.39, 0.29) is 0 Å². The fraction of sp³-hybridized carbons (Fsp3) is 0. The Hall–Kier alpha value is -7.37. The van der Waals surface area contributed by atoms with E-state index < -0.39 is 0 Å². The van der Waals surface area contributed by atoms with Gasteiger partial charge < -0.3 is 18.2 Å². The van der Waals surface area contributed by atoms with Crippen LogP contribution in [0, 0.1) is 0 Å². The molecule has 0 aliphatic carbocycles. The van der Waals surface area contributed by atoms with Crippen molar-refractivity contribution in [3.63, 3.8) is 0 Å². The van der Waals surface area contributed by atoms with Crippen LogP contribution in [0.3, 0.4) is 0 Å². The van der Waals surface area contributed by atoms with Crippen molar-refractivity contribution in [3.8, 4) is 33.7 Å². The summed E-state index contributed by atoms with van der Waals surface area (Å²) >= 11 is 0. The highest BCUT2D eigenvalue weighted by Crippen LogP contribution is 2.44. The van der Waals surface area contributed by atoms with E-state index >= 15 is 0 Å². The second-order valence-electron chi connectivity index (χ2n) is 13.6. The van der Waals surface area contributed by atoms with E-state index in [1.165, 1.54) is 11.1 Å². The van der Waals surface area contributed by atoms with Crippen LogP contribution in [-0.4, -0.2) is 4.98 Å². The van der Waals surface area contributed by atoms with Gasteiger partial charge in [-0.05, 0) is 107 Å². The van der Waals surface area contributed by atoms with Crippen molar-refractivity contribution in [2.24, 2.45) is 0 Å². The summed E-state index contributed by atoms with van der Waals surface area (Å²) in [6.45, 7) is 0. The van der Waals surface area contributed by atoms with Crippen LogP contribution < -0.4 is 4.90 Å². The third-order valence-corrected chi connectivity index (χ3v) is 10.3. The van der Waals surface area contributed by atoms with Gasteiger partial charge in [-0.1, -0.05) is 97.1 Å². The summed E-state index contributed by atoms with van der Waals surface area (Å²) in [6, 6.07) is 62.9. The molecule has 0 saturated heterocycles. The normalized spacial score (nSPS) is 11.7.